The molecule has 0 fully saturated rings. The molecule has 6 nitrogen and oxygen atoms in total. The van der Waals surface area contributed by atoms with E-state index in [9.17, 15) is 9.59 Å². The lowest BCUT2D eigenvalue weighted by Gasteiger charge is -2.09. The minimum atomic E-state index is -0.482. The highest BCUT2D eigenvalue weighted by molar-refractivity contribution is 5.89. The van der Waals surface area contributed by atoms with Crippen LogP contribution >= 0.6 is 0 Å². The first-order valence-corrected chi connectivity index (χ1v) is 9.35. The molecule has 6 heteroatoms. The van der Waals surface area contributed by atoms with Crippen LogP contribution in [0.5, 0.6) is 0 Å². The van der Waals surface area contributed by atoms with Crippen LogP contribution in [0, 0.1) is 0 Å². The molecule has 0 saturated heterocycles. The van der Waals surface area contributed by atoms with Gasteiger partial charge in [0, 0.05) is 24.3 Å². The second kappa shape index (κ2) is 10.5. The Morgan fingerprint density at radius 2 is 1.31 bits per heavy atom. The predicted molar refractivity (Wildman–Crippen MR) is 114 cm³/mol. The first kappa shape index (κ1) is 19.9. The summed E-state index contributed by atoms with van der Waals surface area (Å²) in [6.45, 7) is 0.732. The largest absolute Gasteiger partial charge is 0.449 e. The molecule has 3 rings (SSSR count). The minimum absolute atomic E-state index is 0.262. The van der Waals surface area contributed by atoms with Crippen LogP contribution in [0.2, 0.25) is 0 Å². The molecule has 3 amide bonds. The number of benzene rings is 3. The van der Waals surface area contributed by atoms with Crippen LogP contribution in [0.4, 0.5) is 21.0 Å². The highest BCUT2D eigenvalue weighted by Gasteiger charge is 2.04. The highest BCUT2D eigenvalue weighted by atomic mass is 16.5. The lowest BCUT2D eigenvalue weighted by molar-refractivity contribution is 0.163. The smallest absolute Gasteiger partial charge is 0.411 e. The summed E-state index contributed by atoms with van der Waals surface area (Å²) in [7, 11) is 0. The van der Waals surface area contributed by atoms with Crippen molar-refractivity contribution < 1.29 is 14.3 Å². The normalized spacial score (nSPS) is 10.1. The van der Waals surface area contributed by atoms with Crippen LogP contribution in [-0.2, 0) is 17.7 Å². The van der Waals surface area contributed by atoms with Gasteiger partial charge in [-0.1, -0.05) is 60.7 Å². The molecule has 0 aliphatic carbocycles. The van der Waals surface area contributed by atoms with Crippen LogP contribution < -0.4 is 16.0 Å². The average molecular weight is 389 g/mol. The molecule has 29 heavy (non-hydrogen) atoms. The van der Waals surface area contributed by atoms with Gasteiger partial charge in [-0.25, -0.2) is 9.59 Å². The lowest BCUT2D eigenvalue weighted by atomic mass is 10.1. The SMILES string of the molecule is O=C(NCc1ccccc1)Nc1ccc(CCOC(=O)Nc2ccccc2)cc1. The van der Waals surface area contributed by atoms with E-state index in [0.717, 1.165) is 11.1 Å². The summed E-state index contributed by atoms with van der Waals surface area (Å²) in [6, 6.07) is 26.0. The fourth-order valence-corrected chi connectivity index (χ4v) is 2.65. The predicted octanol–water partition coefficient (Wildman–Crippen LogP) is 4.80. The average Bonchev–Trinajstić information content (AvgIpc) is 2.75. The van der Waals surface area contributed by atoms with Crippen molar-refractivity contribution >= 4 is 23.5 Å². The fourth-order valence-electron chi connectivity index (χ4n) is 2.65. The number of hydrogen-bond donors (Lipinski definition) is 3. The second-order valence-electron chi connectivity index (χ2n) is 6.37. The van der Waals surface area contributed by atoms with Crippen molar-refractivity contribution in [3.63, 3.8) is 0 Å². The molecule has 0 heterocycles. The van der Waals surface area contributed by atoms with Crippen molar-refractivity contribution in [1.82, 2.24) is 5.32 Å². The number of urea groups is 1. The Balaban J connectivity index is 1.37. The van der Waals surface area contributed by atoms with Gasteiger partial charge in [0.1, 0.15) is 0 Å². The van der Waals surface area contributed by atoms with Crippen molar-refractivity contribution in [2.45, 2.75) is 13.0 Å². The van der Waals surface area contributed by atoms with Crippen LogP contribution in [-0.4, -0.2) is 18.7 Å². The van der Waals surface area contributed by atoms with Crippen LogP contribution in [0.1, 0.15) is 11.1 Å². The van der Waals surface area contributed by atoms with E-state index in [0.29, 0.717) is 24.3 Å². The van der Waals surface area contributed by atoms with Gasteiger partial charge in [-0.15, -0.1) is 0 Å². The quantitative estimate of drug-likeness (QED) is 0.543. The van der Waals surface area contributed by atoms with Gasteiger partial charge in [-0.05, 0) is 35.4 Å². The summed E-state index contributed by atoms with van der Waals surface area (Å²) in [5, 5.41) is 8.28. The second-order valence-corrected chi connectivity index (χ2v) is 6.37. The number of amides is 3. The van der Waals surface area contributed by atoms with Crippen LogP contribution in [0.15, 0.2) is 84.9 Å². The Morgan fingerprint density at radius 3 is 2.00 bits per heavy atom. The summed E-state index contributed by atoms with van der Waals surface area (Å²) in [4.78, 5) is 23.7. The maximum Gasteiger partial charge on any atom is 0.411 e. The van der Waals surface area contributed by atoms with Gasteiger partial charge < -0.3 is 15.4 Å². The summed E-state index contributed by atoms with van der Waals surface area (Å²) in [5.41, 5.74) is 3.43. The first-order chi connectivity index (χ1) is 14.2. The molecule has 0 aliphatic heterocycles. The number of ether oxygens (including phenoxy) is 1. The molecule has 0 radical (unpaired) electrons. The number of nitrogens with one attached hydrogen (secondary N) is 3. The Labute approximate surface area is 169 Å². The molecular formula is C23H23N3O3. The van der Waals surface area contributed by atoms with E-state index in [1.54, 1.807) is 12.1 Å². The van der Waals surface area contributed by atoms with Crippen molar-refractivity contribution in [2.24, 2.45) is 0 Å². The molecule has 3 N–H and O–H groups in total. The van der Waals surface area contributed by atoms with E-state index in [1.165, 1.54) is 0 Å². The molecule has 0 spiro atoms. The maximum atomic E-state index is 12.0. The van der Waals surface area contributed by atoms with E-state index in [1.807, 2.05) is 72.8 Å². The zero-order valence-corrected chi connectivity index (χ0v) is 15.9. The van der Waals surface area contributed by atoms with Gasteiger partial charge in [0.2, 0.25) is 0 Å². The lowest BCUT2D eigenvalue weighted by Crippen LogP contribution is -2.28. The molecule has 0 aliphatic rings. The molecule has 3 aromatic rings. The molecule has 148 valence electrons. The van der Waals surface area contributed by atoms with E-state index < -0.39 is 6.09 Å². The zero-order valence-electron chi connectivity index (χ0n) is 15.9. The van der Waals surface area contributed by atoms with Crippen LogP contribution in [0.25, 0.3) is 0 Å². The molecule has 0 atom stereocenters. The molecule has 0 saturated carbocycles. The summed E-state index contributed by atoms with van der Waals surface area (Å²) >= 11 is 0. The van der Waals surface area contributed by atoms with E-state index in [4.69, 9.17) is 4.74 Å². The number of hydrogen-bond acceptors (Lipinski definition) is 3. The standard InChI is InChI=1S/C23H23N3O3/c27-22(24-17-19-7-3-1-4-8-19)25-21-13-11-18(12-14-21)15-16-29-23(28)26-20-9-5-2-6-10-20/h1-14H,15-17H2,(H,26,28)(H2,24,25,27). The van der Waals surface area contributed by atoms with Gasteiger partial charge >= 0.3 is 12.1 Å². The number of anilines is 2. The topological polar surface area (TPSA) is 79.5 Å². The van der Waals surface area contributed by atoms with Crippen molar-refractivity contribution in [3.05, 3.63) is 96.1 Å². The van der Waals surface area contributed by atoms with Gasteiger partial charge in [0.15, 0.2) is 0 Å². The number of rotatable bonds is 7. The number of carbonyl (C=O) groups excluding carboxylic acids is 2. The fraction of sp³-hybridized carbons (Fsp3) is 0.130. The zero-order chi connectivity index (χ0) is 20.3. The summed E-state index contributed by atoms with van der Waals surface area (Å²) in [6.07, 6.45) is 0.104. The van der Waals surface area contributed by atoms with Crippen molar-refractivity contribution in [1.29, 1.82) is 0 Å². The molecular weight excluding hydrogens is 366 g/mol. The van der Waals surface area contributed by atoms with Crippen LogP contribution in [0.3, 0.4) is 0 Å². The van der Waals surface area contributed by atoms with Gasteiger partial charge in [-0.3, -0.25) is 5.32 Å². The van der Waals surface area contributed by atoms with Crippen molar-refractivity contribution in [3.8, 4) is 0 Å². The minimum Gasteiger partial charge on any atom is -0.449 e. The first-order valence-electron chi connectivity index (χ1n) is 9.35. The van der Waals surface area contributed by atoms with Gasteiger partial charge in [-0.2, -0.15) is 0 Å². The third kappa shape index (κ3) is 7.03. The molecule has 0 unspecified atom stereocenters. The number of carbonyl (C=O) groups is 2. The summed E-state index contributed by atoms with van der Waals surface area (Å²) in [5.74, 6) is 0. The van der Waals surface area contributed by atoms with Gasteiger partial charge in [0.05, 0.1) is 6.61 Å². The third-order valence-corrected chi connectivity index (χ3v) is 4.15. The third-order valence-electron chi connectivity index (χ3n) is 4.15. The number of para-hydroxylation sites is 1. The van der Waals surface area contributed by atoms with E-state index >= 15 is 0 Å². The molecule has 0 bridgehead atoms. The Bertz CT molecular complexity index is 913. The molecule has 3 aromatic carbocycles. The van der Waals surface area contributed by atoms with E-state index in [2.05, 4.69) is 16.0 Å². The Kier molecular flexibility index (Phi) is 7.23. The highest BCUT2D eigenvalue weighted by Crippen LogP contribution is 2.11. The van der Waals surface area contributed by atoms with E-state index in [-0.39, 0.29) is 12.6 Å². The Hall–Kier alpha value is -3.80. The summed E-state index contributed by atoms with van der Waals surface area (Å²) < 4.78 is 5.19. The Morgan fingerprint density at radius 1 is 0.690 bits per heavy atom. The van der Waals surface area contributed by atoms with Crippen molar-refractivity contribution in [2.75, 3.05) is 17.2 Å². The van der Waals surface area contributed by atoms with Gasteiger partial charge in [0.25, 0.3) is 0 Å². The maximum absolute atomic E-state index is 12.0. The molecule has 0 aromatic heterocycles. The monoisotopic (exact) mass is 389 g/mol.